The van der Waals surface area contributed by atoms with Crippen LogP contribution in [0.3, 0.4) is 0 Å². The first-order valence-electron chi connectivity index (χ1n) is 8.25. The summed E-state index contributed by atoms with van der Waals surface area (Å²) in [5, 5.41) is 8.51. The number of ether oxygens (including phenoxy) is 1. The first-order chi connectivity index (χ1) is 12.7. The molecule has 0 aliphatic carbocycles. The fourth-order valence-electron chi connectivity index (χ4n) is 2.90. The molecule has 12 heteroatoms. The van der Waals surface area contributed by atoms with Gasteiger partial charge in [0.05, 0.1) is 25.4 Å². The van der Waals surface area contributed by atoms with Crippen LogP contribution in [0.5, 0.6) is 5.75 Å². The molecule has 0 fully saturated rings. The van der Waals surface area contributed by atoms with Gasteiger partial charge in [0.1, 0.15) is 14.2 Å². The fraction of sp³-hybridized carbons (Fsp3) is 0.375. The van der Waals surface area contributed by atoms with Gasteiger partial charge in [-0.1, -0.05) is 6.92 Å². The predicted octanol–water partition coefficient (Wildman–Crippen LogP) is 2.08. The molecule has 1 atom stereocenters. The van der Waals surface area contributed by atoms with Crippen molar-refractivity contribution in [1.82, 2.24) is 5.32 Å². The number of benzene rings is 1. The second kappa shape index (κ2) is 8.56. The van der Waals surface area contributed by atoms with E-state index in [1.54, 1.807) is 24.3 Å². The number of rotatable bonds is 6. The first-order valence-corrected chi connectivity index (χ1v) is 12.1. The van der Waals surface area contributed by atoms with E-state index in [4.69, 9.17) is 9.88 Å². The molecule has 1 aromatic carbocycles. The van der Waals surface area contributed by atoms with Crippen molar-refractivity contribution in [2.75, 3.05) is 24.5 Å². The summed E-state index contributed by atoms with van der Waals surface area (Å²) in [6, 6.07) is 7.71. The molecule has 0 bridgehead atoms. The summed E-state index contributed by atoms with van der Waals surface area (Å²) in [6.45, 7) is 2.82. The third kappa shape index (κ3) is 4.29. The zero-order valence-corrected chi connectivity index (χ0v) is 18.6. The molecule has 28 heavy (non-hydrogen) atoms. The Kier molecular flexibility index (Phi) is 7.00. The molecule has 0 spiro atoms. The van der Waals surface area contributed by atoms with Crippen LogP contribution in [0.2, 0.25) is 0 Å². The number of sulfonamides is 2. The largest absolute Gasteiger partial charge is 0.497 e. The minimum Gasteiger partial charge on any atom is -0.497 e. The molecule has 0 unspecified atom stereocenters. The molecule has 0 amide bonds. The van der Waals surface area contributed by atoms with Crippen LogP contribution in [0.1, 0.15) is 24.9 Å². The summed E-state index contributed by atoms with van der Waals surface area (Å²) in [7, 11) is -6.36. The number of hydrogen-bond acceptors (Lipinski definition) is 7. The zero-order valence-electron chi connectivity index (χ0n) is 15.3. The maximum absolute atomic E-state index is 13.2. The van der Waals surface area contributed by atoms with Crippen molar-refractivity contribution in [2.45, 2.75) is 27.8 Å². The fourth-order valence-corrected chi connectivity index (χ4v) is 7.15. The number of halogens is 1. The summed E-state index contributed by atoms with van der Waals surface area (Å²) in [6.07, 6.45) is 0.854. The van der Waals surface area contributed by atoms with Crippen LogP contribution in [0, 0.1) is 0 Å². The van der Waals surface area contributed by atoms with Gasteiger partial charge < -0.3 is 10.1 Å². The molecule has 1 aromatic heterocycles. The Labute approximate surface area is 175 Å². The molecule has 1 aliphatic heterocycles. The molecule has 0 radical (unpaired) electrons. The lowest BCUT2D eigenvalue weighted by Crippen LogP contribution is -2.43. The third-order valence-corrected chi connectivity index (χ3v) is 9.12. The molecule has 0 saturated carbocycles. The highest BCUT2D eigenvalue weighted by Crippen LogP contribution is 2.41. The number of hydrogen-bond donors (Lipinski definition) is 2. The highest BCUT2D eigenvalue weighted by atomic mass is 35.5. The lowest BCUT2D eigenvalue weighted by atomic mass is 10.1. The highest BCUT2D eigenvalue weighted by Gasteiger charge is 2.40. The van der Waals surface area contributed by atoms with Crippen molar-refractivity contribution in [3.8, 4) is 5.75 Å². The average Bonchev–Trinajstić information content (AvgIpc) is 3.08. The number of thiophene rings is 1. The molecule has 3 rings (SSSR count). The van der Waals surface area contributed by atoms with Crippen molar-refractivity contribution in [3.05, 3.63) is 35.9 Å². The van der Waals surface area contributed by atoms with E-state index in [0.29, 0.717) is 34.9 Å². The van der Waals surface area contributed by atoms with Crippen LogP contribution in [-0.2, 0) is 20.0 Å². The van der Waals surface area contributed by atoms with Crippen LogP contribution in [0.15, 0.2) is 38.8 Å². The minimum atomic E-state index is -3.99. The third-order valence-electron chi connectivity index (χ3n) is 4.23. The minimum absolute atomic E-state index is 0. The van der Waals surface area contributed by atoms with Gasteiger partial charge in [-0.05, 0) is 43.3 Å². The van der Waals surface area contributed by atoms with E-state index in [1.165, 1.54) is 17.5 Å². The van der Waals surface area contributed by atoms with E-state index in [0.717, 1.165) is 6.42 Å². The van der Waals surface area contributed by atoms with Gasteiger partial charge in [-0.15, -0.1) is 23.7 Å². The number of nitrogens with two attached hydrogens (primary N) is 1. The predicted molar refractivity (Wildman–Crippen MR) is 112 cm³/mol. The monoisotopic (exact) mass is 467 g/mol. The lowest BCUT2D eigenvalue weighted by molar-refractivity contribution is 0.415. The second-order valence-electron chi connectivity index (χ2n) is 6.09. The van der Waals surface area contributed by atoms with E-state index in [1.807, 2.05) is 6.92 Å². The van der Waals surface area contributed by atoms with Crippen molar-refractivity contribution in [3.63, 3.8) is 0 Å². The quantitative estimate of drug-likeness (QED) is 0.671. The number of methoxy groups -OCH3 is 1. The van der Waals surface area contributed by atoms with Crippen LogP contribution >= 0.6 is 23.7 Å². The summed E-state index contributed by atoms with van der Waals surface area (Å²) in [5.41, 5.74) is 0.928. The Hall–Kier alpha value is -1.37. The van der Waals surface area contributed by atoms with E-state index in [2.05, 4.69) is 5.32 Å². The molecule has 0 saturated heterocycles. The second-order valence-corrected chi connectivity index (χ2v) is 11.0. The van der Waals surface area contributed by atoms with Crippen LogP contribution in [-0.4, -0.2) is 37.0 Å². The normalized spacial score (nSPS) is 18.2. The van der Waals surface area contributed by atoms with E-state index >= 15 is 0 Å². The zero-order chi connectivity index (χ0) is 19.8. The number of primary sulfonamides is 1. The van der Waals surface area contributed by atoms with Crippen molar-refractivity contribution in [2.24, 2.45) is 5.14 Å². The van der Waals surface area contributed by atoms with Gasteiger partial charge in [-0.25, -0.2) is 22.0 Å². The van der Waals surface area contributed by atoms with Gasteiger partial charge in [0.2, 0.25) is 10.0 Å². The van der Waals surface area contributed by atoms with Crippen molar-refractivity contribution >= 4 is 49.5 Å². The summed E-state index contributed by atoms with van der Waals surface area (Å²) >= 11 is 0.685. The van der Waals surface area contributed by atoms with Gasteiger partial charge in [0, 0.05) is 5.56 Å². The summed E-state index contributed by atoms with van der Waals surface area (Å²) in [5.74, 6) is 0.613. The standard InChI is InChI=1S/C16H21N3O5S3.ClH/c1-3-8-18-14-10-19(11-4-6-12(24-2)7-5-11)27(22,23)16-13(14)9-15(25-16)26(17,20)21;/h4-7,9,14,18H,3,8,10H2,1-2H3,(H2,17,20,21);1H/t14-;/m0./s1. The smallest absolute Gasteiger partial charge is 0.274 e. The highest BCUT2D eigenvalue weighted by molar-refractivity contribution is 7.96. The maximum atomic E-state index is 13.2. The molecule has 3 N–H and O–H groups in total. The first kappa shape index (κ1) is 22.9. The van der Waals surface area contributed by atoms with Crippen LogP contribution < -0.4 is 19.5 Å². The van der Waals surface area contributed by atoms with Gasteiger partial charge in [-0.3, -0.25) is 4.31 Å². The molecule has 156 valence electrons. The Morgan fingerprint density at radius 3 is 2.50 bits per heavy atom. The number of nitrogens with one attached hydrogen (secondary N) is 1. The van der Waals surface area contributed by atoms with Crippen LogP contribution in [0.25, 0.3) is 0 Å². The molecule has 2 aromatic rings. The van der Waals surface area contributed by atoms with Gasteiger partial charge in [0.15, 0.2) is 0 Å². The topological polar surface area (TPSA) is 119 Å². The number of fused-ring (bicyclic) bond motifs is 1. The molecule has 1 aliphatic rings. The Balaban J connectivity index is 0.00000280. The number of anilines is 1. The van der Waals surface area contributed by atoms with E-state index < -0.39 is 20.0 Å². The van der Waals surface area contributed by atoms with Gasteiger partial charge in [0.25, 0.3) is 10.0 Å². The van der Waals surface area contributed by atoms with E-state index in [9.17, 15) is 16.8 Å². The van der Waals surface area contributed by atoms with Crippen molar-refractivity contribution < 1.29 is 21.6 Å². The summed E-state index contributed by atoms with van der Waals surface area (Å²) in [4.78, 5) is 0. The molecule has 2 heterocycles. The maximum Gasteiger partial charge on any atom is 0.274 e. The van der Waals surface area contributed by atoms with Gasteiger partial charge >= 0.3 is 0 Å². The molecule has 8 nitrogen and oxygen atoms in total. The number of nitrogens with zero attached hydrogens (tertiary/aromatic N) is 1. The lowest BCUT2D eigenvalue weighted by Gasteiger charge is -2.34. The van der Waals surface area contributed by atoms with Gasteiger partial charge in [-0.2, -0.15) is 0 Å². The van der Waals surface area contributed by atoms with E-state index in [-0.39, 0.29) is 33.4 Å². The molecular formula is C16H22ClN3O5S3. The van der Waals surface area contributed by atoms with Crippen LogP contribution in [0.4, 0.5) is 5.69 Å². The summed E-state index contributed by atoms with van der Waals surface area (Å²) < 4.78 is 56.1. The average molecular weight is 468 g/mol. The molecular weight excluding hydrogens is 446 g/mol. The SMILES string of the molecule is CCCN[C@H]1CN(c2ccc(OC)cc2)S(=O)(=O)c2sc(S(N)(=O)=O)cc21.Cl. The van der Waals surface area contributed by atoms with Crippen molar-refractivity contribution in [1.29, 1.82) is 0 Å². The Morgan fingerprint density at radius 2 is 1.96 bits per heavy atom. The Bertz CT molecular complexity index is 1040. The Morgan fingerprint density at radius 1 is 1.32 bits per heavy atom.